The van der Waals surface area contributed by atoms with Gasteiger partial charge in [-0.25, -0.2) is 8.42 Å². The predicted octanol–water partition coefficient (Wildman–Crippen LogP) is 2.17. The Morgan fingerprint density at radius 3 is 2.42 bits per heavy atom. The molecule has 3 heterocycles. The molecule has 10 heteroatoms. The number of hydrogen-bond acceptors (Lipinski definition) is 7. The van der Waals surface area contributed by atoms with Crippen LogP contribution in [0.2, 0.25) is 0 Å². The molecule has 2 aliphatic heterocycles. The lowest BCUT2D eigenvalue weighted by Crippen LogP contribution is -2.42. The van der Waals surface area contributed by atoms with E-state index >= 15 is 0 Å². The molecule has 0 saturated carbocycles. The third-order valence-corrected chi connectivity index (χ3v) is 8.05. The maximum atomic E-state index is 13.0. The van der Waals surface area contributed by atoms with Gasteiger partial charge < -0.3 is 19.5 Å². The minimum Gasteiger partial charge on any atom is -0.378 e. The summed E-state index contributed by atoms with van der Waals surface area (Å²) in [5.74, 6) is -0.0268. The number of morpholine rings is 1. The van der Waals surface area contributed by atoms with Crippen LogP contribution in [0.1, 0.15) is 24.3 Å². The molecule has 1 aromatic carbocycles. The monoisotopic (exact) mass is 448 g/mol. The van der Waals surface area contributed by atoms with E-state index in [-0.39, 0.29) is 35.6 Å². The van der Waals surface area contributed by atoms with Crippen molar-refractivity contribution >= 4 is 27.3 Å². The summed E-state index contributed by atoms with van der Waals surface area (Å²) in [5.41, 5.74) is 2.12. The van der Waals surface area contributed by atoms with E-state index in [1.165, 1.54) is 4.31 Å². The first-order valence-electron chi connectivity index (χ1n) is 10.5. The lowest BCUT2D eigenvalue weighted by Gasteiger charge is -2.32. The maximum absolute atomic E-state index is 13.0. The van der Waals surface area contributed by atoms with Crippen LogP contribution in [-0.4, -0.2) is 63.2 Å². The number of nitrogens with one attached hydrogen (secondary N) is 1. The molecule has 0 atom stereocenters. The highest BCUT2D eigenvalue weighted by atomic mass is 32.2. The van der Waals surface area contributed by atoms with E-state index in [0.29, 0.717) is 31.7 Å². The van der Waals surface area contributed by atoms with Gasteiger partial charge in [-0.1, -0.05) is 17.3 Å². The van der Waals surface area contributed by atoms with E-state index in [1.54, 1.807) is 13.8 Å². The summed E-state index contributed by atoms with van der Waals surface area (Å²) in [6.45, 7) is 6.69. The van der Waals surface area contributed by atoms with Crippen molar-refractivity contribution in [1.82, 2.24) is 9.46 Å². The van der Waals surface area contributed by atoms with Gasteiger partial charge in [0.2, 0.25) is 15.9 Å². The van der Waals surface area contributed by atoms with Crippen molar-refractivity contribution in [2.24, 2.45) is 5.92 Å². The van der Waals surface area contributed by atoms with Gasteiger partial charge in [0.05, 0.1) is 24.6 Å². The van der Waals surface area contributed by atoms with E-state index in [9.17, 15) is 13.2 Å². The lowest BCUT2D eigenvalue weighted by atomic mass is 9.97. The summed E-state index contributed by atoms with van der Waals surface area (Å²) in [7, 11) is -3.68. The average molecular weight is 449 g/mol. The number of carbonyl (C=O) groups is 1. The molecule has 2 aromatic rings. The van der Waals surface area contributed by atoms with Gasteiger partial charge in [0.15, 0.2) is 5.76 Å². The smallest absolute Gasteiger partial charge is 0.248 e. The molecule has 2 fully saturated rings. The Morgan fingerprint density at radius 2 is 1.77 bits per heavy atom. The van der Waals surface area contributed by atoms with Gasteiger partial charge in [0, 0.05) is 32.1 Å². The number of piperidine rings is 1. The number of hydrogen-bond donors (Lipinski definition) is 1. The Labute approximate surface area is 182 Å². The summed E-state index contributed by atoms with van der Waals surface area (Å²) in [6.07, 6.45) is 0.933. The van der Waals surface area contributed by atoms with Crippen LogP contribution in [0.5, 0.6) is 0 Å². The van der Waals surface area contributed by atoms with E-state index in [1.807, 2.05) is 24.3 Å². The van der Waals surface area contributed by atoms with Gasteiger partial charge in [0.25, 0.3) is 0 Å². The SMILES string of the molecule is Cc1noc(C)c1S(=O)(=O)N1CCC(C(=O)Nc2ccccc2N2CCOCC2)CC1. The molecule has 1 N–H and O–H groups in total. The fourth-order valence-electron chi connectivity index (χ4n) is 4.22. The number of carbonyl (C=O) groups excluding carboxylic acids is 1. The summed E-state index contributed by atoms with van der Waals surface area (Å²) in [5, 5.41) is 6.82. The first-order valence-corrected chi connectivity index (χ1v) is 12.0. The molecule has 4 rings (SSSR count). The third kappa shape index (κ3) is 4.46. The van der Waals surface area contributed by atoms with Crippen molar-refractivity contribution in [3.63, 3.8) is 0 Å². The van der Waals surface area contributed by atoms with Crippen LogP contribution in [0.4, 0.5) is 11.4 Å². The van der Waals surface area contributed by atoms with Crippen molar-refractivity contribution < 1.29 is 22.5 Å². The molecular weight excluding hydrogens is 420 g/mol. The molecule has 168 valence electrons. The minimum absolute atomic E-state index is 0.0740. The highest BCUT2D eigenvalue weighted by Crippen LogP contribution is 2.30. The highest BCUT2D eigenvalue weighted by Gasteiger charge is 2.35. The number of anilines is 2. The van der Waals surface area contributed by atoms with Crippen molar-refractivity contribution in [2.45, 2.75) is 31.6 Å². The second-order valence-electron chi connectivity index (χ2n) is 7.94. The molecular formula is C21H28N4O5S. The zero-order valence-corrected chi connectivity index (χ0v) is 18.7. The summed E-state index contributed by atoms with van der Waals surface area (Å²) in [4.78, 5) is 15.3. The summed E-state index contributed by atoms with van der Waals surface area (Å²) >= 11 is 0. The molecule has 2 aliphatic rings. The minimum atomic E-state index is -3.68. The molecule has 0 unspecified atom stereocenters. The Kier molecular flexibility index (Phi) is 6.31. The Balaban J connectivity index is 1.40. The van der Waals surface area contributed by atoms with Crippen molar-refractivity contribution in [3.05, 3.63) is 35.7 Å². The van der Waals surface area contributed by atoms with Crippen LogP contribution >= 0.6 is 0 Å². The van der Waals surface area contributed by atoms with E-state index in [2.05, 4.69) is 15.4 Å². The number of aryl methyl sites for hydroxylation is 2. The zero-order chi connectivity index (χ0) is 22.0. The topological polar surface area (TPSA) is 105 Å². The number of rotatable bonds is 5. The van der Waals surface area contributed by atoms with Crippen LogP contribution in [0, 0.1) is 19.8 Å². The lowest BCUT2D eigenvalue weighted by molar-refractivity contribution is -0.120. The second kappa shape index (κ2) is 8.97. The number of ether oxygens (including phenoxy) is 1. The number of sulfonamides is 1. The van der Waals surface area contributed by atoms with Gasteiger partial charge in [-0.05, 0) is 38.8 Å². The molecule has 0 bridgehead atoms. The predicted molar refractivity (Wildman–Crippen MR) is 116 cm³/mol. The van der Waals surface area contributed by atoms with Crippen LogP contribution in [0.3, 0.4) is 0 Å². The highest BCUT2D eigenvalue weighted by molar-refractivity contribution is 7.89. The van der Waals surface area contributed by atoms with E-state index < -0.39 is 10.0 Å². The molecule has 0 radical (unpaired) electrons. The van der Waals surface area contributed by atoms with Crippen LogP contribution in [0.25, 0.3) is 0 Å². The fourth-order valence-corrected chi connectivity index (χ4v) is 5.99. The molecule has 9 nitrogen and oxygen atoms in total. The van der Waals surface area contributed by atoms with Gasteiger partial charge in [0.1, 0.15) is 10.6 Å². The van der Waals surface area contributed by atoms with E-state index in [4.69, 9.17) is 9.26 Å². The zero-order valence-electron chi connectivity index (χ0n) is 17.8. The molecule has 31 heavy (non-hydrogen) atoms. The fraction of sp³-hybridized carbons (Fsp3) is 0.524. The van der Waals surface area contributed by atoms with Gasteiger partial charge in [-0.15, -0.1) is 0 Å². The number of benzene rings is 1. The van der Waals surface area contributed by atoms with Crippen LogP contribution < -0.4 is 10.2 Å². The quantitative estimate of drug-likeness (QED) is 0.747. The van der Waals surface area contributed by atoms with Crippen LogP contribution in [0.15, 0.2) is 33.7 Å². The second-order valence-corrected chi connectivity index (χ2v) is 9.81. The third-order valence-electron chi connectivity index (χ3n) is 5.90. The van der Waals surface area contributed by atoms with Crippen LogP contribution in [-0.2, 0) is 19.6 Å². The standard InChI is InChI=1S/C21H28N4O5S/c1-15-20(16(2)30-23-15)31(27,28)25-9-7-17(8-10-25)21(26)22-18-5-3-4-6-19(18)24-11-13-29-14-12-24/h3-6,17H,7-14H2,1-2H3,(H,22,26). The number of aromatic nitrogens is 1. The molecule has 2 saturated heterocycles. The van der Waals surface area contributed by atoms with E-state index in [0.717, 1.165) is 24.5 Å². The Hall–Kier alpha value is -2.43. The Morgan fingerprint density at radius 1 is 1.10 bits per heavy atom. The number of para-hydroxylation sites is 2. The molecule has 1 aromatic heterocycles. The summed E-state index contributed by atoms with van der Waals surface area (Å²) in [6, 6.07) is 7.76. The van der Waals surface area contributed by atoms with Gasteiger partial charge in [-0.3, -0.25) is 4.79 Å². The van der Waals surface area contributed by atoms with Gasteiger partial charge >= 0.3 is 0 Å². The molecule has 0 aliphatic carbocycles. The van der Waals surface area contributed by atoms with Crippen molar-refractivity contribution in [2.75, 3.05) is 49.6 Å². The first kappa shape index (κ1) is 21.8. The largest absolute Gasteiger partial charge is 0.378 e. The Bertz CT molecular complexity index is 1020. The number of nitrogens with zero attached hydrogens (tertiary/aromatic N) is 3. The summed E-state index contributed by atoms with van der Waals surface area (Å²) < 4.78 is 37.8. The maximum Gasteiger partial charge on any atom is 0.248 e. The normalized spacial score (nSPS) is 18.8. The van der Waals surface area contributed by atoms with Crippen molar-refractivity contribution in [3.8, 4) is 0 Å². The van der Waals surface area contributed by atoms with Crippen molar-refractivity contribution in [1.29, 1.82) is 0 Å². The molecule has 1 amide bonds. The first-order chi connectivity index (χ1) is 14.9. The number of amides is 1. The van der Waals surface area contributed by atoms with Gasteiger partial charge in [-0.2, -0.15) is 4.31 Å². The average Bonchev–Trinajstić information content (AvgIpc) is 3.13. The molecule has 0 spiro atoms.